The second-order valence-electron chi connectivity index (χ2n) is 8.43. The first kappa shape index (κ1) is 21.5. The van der Waals surface area contributed by atoms with Gasteiger partial charge in [-0.3, -0.25) is 4.79 Å². The van der Waals surface area contributed by atoms with Gasteiger partial charge < -0.3 is 15.6 Å². The molecule has 2 aliphatic carbocycles. The molecule has 1 aromatic rings. The number of aromatic nitrogens is 2. The van der Waals surface area contributed by atoms with Gasteiger partial charge in [-0.2, -0.15) is 4.98 Å². The molecule has 1 amide bonds. The number of rotatable bonds is 4. The van der Waals surface area contributed by atoms with Crippen molar-refractivity contribution in [1.29, 1.82) is 0 Å². The fourth-order valence-corrected chi connectivity index (χ4v) is 6.45. The van der Waals surface area contributed by atoms with Gasteiger partial charge in [-0.1, -0.05) is 30.8 Å². The van der Waals surface area contributed by atoms with E-state index in [4.69, 9.17) is 10.3 Å². The van der Waals surface area contributed by atoms with Crippen LogP contribution < -0.4 is 11.1 Å². The highest BCUT2D eigenvalue weighted by Crippen LogP contribution is 2.40. The van der Waals surface area contributed by atoms with Gasteiger partial charge in [0.25, 0.3) is 0 Å². The summed E-state index contributed by atoms with van der Waals surface area (Å²) in [4.78, 5) is 17.5. The van der Waals surface area contributed by atoms with E-state index in [0.717, 1.165) is 51.4 Å². The fraction of sp³-hybridized carbons (Fsp3) is 0.833. The number of hydrogen-bond acceptors (Lipinski definition) is 7. The van der Waals surface area contributed by atoms with E-state index in [9.17, 15) is 13.2 Å². The Balaban J connectivity index is 0.00000225. The number of hydrogen-bond donors (Lipinski definition) is 2. The maximum Gasteiger partial charge on any atom is 0.230 e. The summed E-state index contributed by atoms with van der Waals surface area (Å²) in [6.07, 6.45) is 7.90. The van der Waals surface area contributed by atoms with Crippen molar-refractivity contribution in [2.75, 3.05) is 11.5 Å². The van der Waals surface area contributed by atoms with Crippen molar-refractivity contribution >= 4 is 28.2 Å². The first-order valence-corrected chi connectivity index (χ1v) is 11.8. The molecule has 28 heavy (non-hydrogen) atoms. The molecular formula is C18H29ClN4O4S. The van der Waals surface area contributed by atoms with E-state index in [2.05, 4.69) is 15.5 Å². The topological polar surface area (TPSA) is 128 Å². The van der Waals surface area contributed by atoms with E-state index < -0.39 is 15.4 Å². The zero-order chi connectivity index (χ0) is 19.1. The minimum Gasteiger partial charge on any atom is -0.352 e. The van der Waals surface area contributed by atoms with E-state index in [1.807, 2.05) is 0 Å². The summed E-state index contributed by atoms with van der Waals surface area (Å²) in [6, 6.07) is -0.283. The van der Waals surface area contributed by atoms with Gasteiger partial charge in [-0.05, 0) is 32.1 Å². The Kier molecular flexibility index (Phi) is 6.36. The van der Waals surface area contributed by atoms with E-state index in [0.29, 0.717) is 18.1 Å². The van der Waals surface area contributed by atoms with Gasteiger partial charge >= 0.3 is 0 Å². The molecule has 1 saturated heterocycles. The number of nitrogens with one attached hydrogen (secondary N) is 1. The van der Waals surface area contributed by atoms with Crippen molar-refractivity contribution in [2.45, 2.75) is 75.3 Å². The van der Waals surface area contributed by atoms with Gasteiger partial charge in [0.15, 0.2) is 15.7 Å². The SMILES string of the molecule is Cl.NC1(c2noc(C3CCCCC3C(=O)NC3CCS(=O)(=O)C3)n2)CCCC1. The predicted molar refractivity (Wildman–Crippen MR) is 106 cm³/mol. The number of amides is 1. The molecule has 0 aromatic carbocycles. The summed E-state index contributed by atoms with van der Waals surface area (Å²) < 4.78 is 28.8. The van der Waals surface area contributed by atoms with Crippen molar-refractivity contribution < 1.29 is 17.7 Å². The minimum absolute atomic E-state index is 0. The Morgan fingerprint density at radius 2 is 1.86 bits per heavy atom. The monoisotopic (exact) mass is 432 g/mol. The number of halogens is 1. The zero-order valence-electron chi connectivity index (χ0n) is 15.9. The molecule has 4 rings (SSSR count). The fourth-order valence-electron chi connectivity index (χ4n) is 4.77. The highest BCUT2D eigenvalue weighted by atomic mass is 35.5. The molecule has 3 atom stereocenters. The van der Waals surface area contributed by atoms with Crippen molar-refractivity contribution in [3.63, 3.8) is 0 Å². The zero-order valence-corrected chi connectivity index (χ0v) is 17.6. The number of carbonyl (C=O) groups is 1. The van der Waals surface area contributed by atoms with E-state index in [-0.39, 0.29) is 47.7 Å². The average molecular weight is 433 g/mol. The minimum atomic E-state index is -3.02. The molecule has 0 radical (unpaired) electrons. The molecule has 1 aromatic heterocycles. The third-order valence-corrected chi connectivity index (χ3v) is 8.15. The molecule has 3 fully saturated rings. The van der Waals surface area contributed by atoms with Crippen LogP contribution in [0.25, 0.3) is 0 Å². The van der Waals surface area contributed by atoms with Crippen LogP contribution >= 0.6 is 12.4 Å². The second kappa shape index (κ2) is 8.28. The highest BCUT2D eigenvalue weighted by Gasteiger charge is 2.40. The van der Waals surface area contributed by atoms with Gasteiger partial charge in [0.05, 0.1) is 17.0 Å². The molecule has 10 heteroatoms. The first-order chi connectivity index (χ1) is 12.9. The summed E-state index contributed by atoms with van der Waals surface area (Å²) in [5.41, 5.74) is 5.92. The lowest BCUT2D eigenvalue weighted by atomic mass is 9.78. The molecule has 1 aliphatic heterocycles. The molecule has 3 N–H and O–H groups in total. The number of carbonyl (C=O) groups excluding carboxylic acids is 1. The van der Waals surface area contributed by atoms with Crippen LogP contribution in [0.3, 0.4) is 0 Å². The number of nitrogens with two attached hydrogens (primary N) is 1. The average Bonchev–Trinajstić information content (AvgIpc) is 3.35. The summed E-state index contributed by atoms with van der Waals surface area (Å²) >= 11 is 0. The summed E-state index contributed by atoms with van der Waals surface area (Å²) in [5.74, 6) is 0.775. The van der Waals surface area contributed by atoms with E-state index in [1.54, 1.807) is 0 Å². The lowest BCUT2D eigenvalue weighted by Gasteiger charge is -2.29. The Labute approximate surface area is 171 Å². The van der Waals surface area contributed by atoms with Gasteiger partial charge in [0, 0.05) is 17.9 Å². The number of nitrogens with zero attached hydrogens (tertiary/aromatic N) is 2. The third kappa shape index (κ3) is 4.36. The lowest BCUT2D eigenvalue weighted by Crippen LogP contribution is -2.42. The van der Waals surface area contributed by atoms with Crippen LogP contribution in [0, 0.1) is 5.92 Å². The van der Waals surface area contributed by atoms with Crippen molar-refractivity contribution in [3.8, 4) is 0 Å². The summed E-state index contributed by atoms with van der Waals surface area (Å²) in [7, 11) is -3.02. The lowest BCUT2D eigenvalue weighted by molar-refractivity contribution is -0.127. The first-order valence-electron chi connectivity index (χ1n) is 10.0. The third-order valence-electron chi connectivity index (χ3n) is 6.38. The van der Waals surface area contributed by atoms with Gasteiger partial charge in [0.1, 0.15) is 0 Å². The van der Waals surface area contributed by atoms with E-state index >= 15 is 0 Å². The Hall–Kier alpha value is -1.19. The van der Waals surface area contributed by atoms with Crippen molar-refractivity contribution in [3.05, 3.63) is 11.7 Å². The molecule has 0 bridgehead atoms. The van der Waals surface area contributed by atoms with Gasteiger partial charge in [-0.25, -0.2) is 8.42 Å². The van der Waals surface area contributed by atoms with Crippen LogP contribution in [-0.2, 0) is 20.2 Å². The quantitative estimate of drug-likeness (QED) is 0.742. The Morgan fingerprint density at radius 1 is 1.14 bits per heavy atom. The summed E-state index contributed by atoms with van der Waals surface area (Å²) in [6.45, 7) is 0. The van der Waals surface area contributed by atoms with Crippen LogP contribution in [0.4, 0.5) is 0 Å². The van der Waals surface area contributed by atoms with E-state index in [1.165, 1.54) is 0 Å². The smallest absolute Gasteiger partial charge is 0.230 e. The molecule has 3 unspecified atom stereocenters. The van der Waals surface area contributed by atoms with Crippen LogP contribution in [0.1, 0.15) is 75.4 Å². The van der Waals surface area contributed by atoms with Crippen LogP contribution in [0.15, 0.2) is 4.52 Å². The van der Waals surface area contributed by atoms with Crippen LogP contribution in [0.2, 0.25) is 0 Å². The molecule has 2 saturated carbocycles. The van der Waals surface area contributed by atoms with Crippen LogP contribution in [-0.4, -0.2) is 42.0 Å². The largest absolute Gasteiger partial charge is 0.352 e. The maximum atomic E-state index is 12.9. The van der Waals surface area contributed by atoms with Gasteiger partial charge in [0.2, 0.25) is 11.8 Å². The normalized spacial score (nSPS) is 31.2. The maximum absolute atomic E-state index is 12.9. The highest BCUT2D eigenvalue weighted by molar-refractivity contribution is 7.91. The van der Waals surface area contributed by atoms with Crippen LogP contribution in [0.5, 0.6) is 0 Å². The van der Waals surface area contributed by atoms with Crippen molar-refractivity contribution in [1.82, 2.24) is 15.5 Å². The standard InChI is InChI=1S/C18H28N4O4S.ClH/c19-18(8-3-4-9-18)17-21-16(26-22-17)14-6-2-1-5-13(14)15(23)20-12-7-10-27(24,25)11-12;/h12-14H,1-11,19H2,(H,20,23);1H. The van der Waals surface area contributed by atoms with Crippen molar-refractivity contribution in [2.24, 2.45) is 11.7 Å². The van der Waals surface area contributed by atoms with Gasteiger partial charge in [-0.15, -0.1) is 12.4 Å². The molecule has 3 aliphatic rings. The predicted octanol–water partition coefficient (Wildman–Crippen LogP) is 1.80. The second-order valence-corrected chi connectivity index (χ2v) is 10.7. The molecular weight excluding hydrogens is 404 g/mol. The Morgan fingerprint density at radius 3 is 2.54 bits per heavy atom. The molecule has 0 spiro atoms. The Bertz CT molecular complexity index is 806. The molecule has 158 valence electrons. The summed E-state index contributed by atoms with van der Waals surface area (Å²) in [5, 5.41) is 7.08. The molecule has 8 nitrogen and oxygen atoms in total. The number of sulfone groups is 1. The molecule has 2 heterocycles.